The third-order valence-corrected chi connectivity index (χ3v) is 4.63. The molecule has 120 valence electrons. The molecule has 7 nitrogen and oxygen atoms in total. The fourth-order valence-electron chi connectivity index (χ4n) is 1.83. The number of benzene rings is 2. The van der Waals surface area contributed by atoms with Gasteiger partial charge in [0.25, 0.3) is 5.69 Å². The van der Waals surface area contributed by atoms with Crippen molar-refractivity contribution in [1.82, 2.24) is 0 Å². The van der Waals surface area contributed by atoms with E-state index in [1.165, 1.54) is 37.3 Å². The van der Waals surface area contributed by atoms with Gasteiger partial charge in [-0.25, -0.2) is 0 Å². The molecule has 0 N–H and O–H groups in total. The Hall–Kier alpha value is -2.26. The zero-order valence-corrected chi connectivity index (χ0v) is 14.1. The lowest BCUT2D eigenvalue weighted by molar-refractivity contribution is -0.387. The van der Waals surface area contributed by atoms with Gasteiger partial charge in [0.05, 0.1) is 10.5 Å². The minimum atomic E-state index is -4.47. The Morgan fingerprint density at radius 2 is 1.87 bits per heavy atom. The van der Waals surface area contributed by atoms with Crippen LogP contribution in [0.4, 0.5) is 5.69 Å². The second-order valence-corrected chi connectivity index (χ2v) is 6.89. The van der Waals surface area contributed by atoms with Crippen LogP contribution in [0.1, 0.15) is 17.3 Å². The zero-order valence-electron chi connectivity index (χ0n) is 11.7. The summed E-state index contributed by atoms with van der Waals surface area (Å²) in [5, 5.41) is 11.0. The van der Waals surface area contributed by atoms with Gasteiger partial charge in [-0.3, -0.25) is 14.9 Å². The van der Waals surface area contributed by atoms with Crippen LogP contribution >= 0.6 is 15.9 Å². The number of ketones is 1. The van der Waals surface area contributed by atoms with Crippen molar-refractivity contribution in [2.24, 2.45) is 0 Å². The fraction of sp³-hybridized carbons (Fsp3) is 0.0714. The zero-order chi connectivity index (χ0) is 17.2. The Morgan fingerprint density at radius 3 is 2.48 bits per heavy atom. The van der Waals surface area contributed by atoms with Crippen molar-refractivity contribution in [3.05, 3.63) is 62.6 Å². The summed E-state index contributed by atoms with van der Waals surface area (Å²) in [5.41, 5.74) is -0.560. The normalized spacial score (nSPS) is 11.0. The van der Waals surface area contributed by atoms with Gasteiger partial charge in [0.1, 0.15) is 0 Å². The van der Waals surface area contributed by atoms with Crippen LogP contribution in [0, 0.1) is 10.1 Å². The quantitative estimate of drug-likeness (QED) is 0.330. The Kier molecular flexibility index (Phi) is 4.81. The second kappa shape index (κ2) is 6.47. The molecule has 0 bridgehead atoms. The van der Waals surface area contributed by atoms with Crippen molar-refractivity contribution in [3.8, 4) is 5.75 Å². The van der Waals surface area contributed by atoms with Crippen molar-refractivity contribution >= 4 is 37.5 Å². The van der Waals surface area contributed by atoms with E-state index in [9.17, 15) is 23.3 Å². The molecule has 0 radical (unpaired) electrons. The lowest BCUT2D eigenvalue weighted by atomic mass is 10.1. The Bertz CT molecular complexity index is 894. The van der Waals surface area contributed by atoms with Gasteiger partial charge in [-0.15, -0.1) is 0 Å². The van der Waals surface area contributed by atoms with Gasteiger partial charge in [0.15, 0.2) is 16.4 Å². The molecule has 0 amide bonds. The maximum atomic E-state index is 12.3. The Morgan fingerprint density at radius 1 is 1.22 bits per heavy atom. The fourth-order valence-corrected chi connectivity index (χ4v) is 3.31. The molecule has 23 heavy (non-hydrogen) atoms. The summed E-state index contributed by atoms with van der Waals surface area (Å²) in [6.45, 7) is 1.26. The van der Waals surface area contributed by atoms with Gasteiger partial charge in [-0.05, 0) is 31.2 Å². The minimum absolute atomic E-state index is 0.0431. The van der Waals surface area contributed by atoms with Gasteiger partial charge in [0.2, 0.25) is 0 Å². The molecule has 0 aliphatic heterocycles. The smallest absolute Gasteiger partial charge is 0.346 e. The average Bonchev–Trinajstić information content (AvgIpc) is 2.48. The van der Waals surface area contributed by atoms with Gasteiger partial charge in [0, 0.05) is 10.5 Å². The highest BCUT2D eigenvalue weighted by atomic mass is 79.9. The molecule has 2 aromatic carbocycles. The lowest BCUT2D eigenvalue weighted by Crippen LogP contribution is -2.13. The summed E-state index contributed by atoms with van der Waals surface area (Å²) in [7, 11) is -4.47. The molecule has 2 rings (SSSR count). The van der Waals surface area contributed by atoms with E-state index in [0.29, 0.717) is 4.47 Å². The van der Waals surface area contributed by atoms with Gasteiger partial charge < -0.3 is 4.18 Å². The molecule has 0 heterocycles. The Balaban J connectivity index is 2.52. The minimum Gasteiger partial charge on any atom is -0.378 e. The number of carbonyl (C=O) groups excluding carboxylic acids is 1. The topological polar surface area (TPSA) is 104 Å². The van der Waals surface area contributed by atoms with Crippen LogP contribution < -0.4 is 4.18 Å². The summed E-state index contributed by atoms with van der Waals surface area (Å²) in [6, 6.07) is 9.02. The molecule has 0 aromatic heterocycles. The molecule has 0 saturated carbocycles. The van der Waals surface area contributed by atoms with Crippen LogP contribution in [0.5, 0.6) is 5.75 Å². The van der Waals surface area contributed by atoms with Gasteiger partial charge in [-0.2, -0.15) is 8.42 Å². The Labute approximate surface area is 140 Å². The predicted molar refractivity (Wildman–Crippen MR) is 85.1 cm³/mol. The summed E-state index contributed by atoms with van der Waals surface area (Å²) < 4.78 is 30.2. The molecule has 0 aliphatic rings. The largest absolute Gasteiger partial charge is 0.378 e. The number of halogens is 1. The van der Waals surface area contributed by atoms with Crippen molar-refractivity contribution in [2.45, 2.75) is 11.8 Å². The number of carbonyl (C=O) groups is 1. The number of nitro groups is 1. The van der Waals surface area contributed by atoms with Crippen LogP contribution in [0.15, 0.2) is 51.8 Å². The number of hydrogen-bond donors (Lipinski definition) is 0. The van der Waals surface area contributed by atoms with E-state index in [1.807, 2.05) is 0 Å². The second-order valence-electron chi connectivity index (χ2n) is 4.46. The highest BCUT2D eigenvalue weighted by Gasteiger charge is 2.28. The molecule has 2 aromatic rings. The number of hydrogen-bond acceptors (Lipinski definition) is 6. The van der Waals surface area contributed by atoms with Crippen molar-refractivity contribution in [3.63, 3.8) is 0 Å². The van der Waals surface area contributed by atoms with Crippen LogP contribution in [0.2, 0.25) is 0 Å². The molecule has 0 saturated heterocycles. The van der Waals surface area contributed by atoms with E-state index < -0.39 is 31.4 Å². The molecular weight excluding hydrogens is 390 g/mol. The highest BCUT2D eigenvalue weighted by molar-refractivity contribution is 9.10. The first-order chi connectivity index (χ1) is 10.7. The first-order valence-electron chi connectivity index (χ1n) is 6.21. The maximum absolute atomic E-state index is 12.3. The van der Waals surface area contributed by atoms with Crippen molar-refractivity contribution in [1.29, 1.82) is 0 Å². The standard InChI is InChI=1S/C14H10BrNO6S/c1-9(17)11-8-10(15)6-7-13(11)22-23(20,21)14-5-3-2-4-12(14)16(18)19/h2-8H,1H3. The van der Waals surface area contributed by atoms with Crippen molar-refractivity contribution in [2.75, 3.05) is 0 Å². The first kappa shape index (κ1) is 17.1. The lowest BCUT2D eigenvalue weighted by Gasteiger charge is -2.10. The molecular formula is C14H10BrNO6S. The molecule has 0 spiro atoms. The first-order valence-corrected chi connectivity index (χ1v) is 8.41. The summed E-state index contributed by atoms with van der Waals surface area (Å²) in [5.74, 6) is -0.599. The van der Waals surface area contributed by atoms with E-state index in [-0.39, 0.29) is 11.3 Å². The predicted octanol–water partition coefficient (Wildman–Crippen LogP) is 3.33. The summed E-state index contributed by atoms with van der Waals surface area (Å²) >= 11 is 3.17. The molecule has 0 atom stereocenters. The van der Waals surface area contributed by atoms with E-state index in [0.717, 1.165) is 12.1 Å². The summed E-state index contributed by atoms with van der Waals surface area (Å²) in [4.78, 5) is 21.2. The van der Waals surface area contributed by atoms with E-state index in [4.69, 9.17) is 4.18 Å². The number of Topliss-reactive ketones (excluding diaryl/α,β-unsaturated/α-hetero) is 1. The van der Waals surface area contributed by atoms with E-state index >= 15 is 0 Å². The monoisotopic (exact) mass is 399 g/mol. The van der Waals surface area contributed by atoms with Crippen LogP contribution in [-0.2, 0) is 10.1 Å². The number of nitrogens with zero attached hydrogens (tertiary/aromatic N) is 1. The summed E-state index contributed by atoms with van der Waals surface area (Å²) in [6.07, 6.45) is 0. The van der Waals surface area contributed by atoms with Gasteiger partial charge >= 0.3 is 10.1 Å². The highest BCUT2D eigenvalue weighted by Crippen LogP contribution is 2.30. The number of rotatable bonds is 5. The molecule has 0 aliphatic carbocycles. The SMILES string of the molecule is CC(=O)c1cc(Br)ccc1OS(=O)(=O)c1ccccc1[N+](=O)[O-]. The number of para-hydroxylation sites is 1. The maximum Gasteiger partial charge on any atom is 0.346 e. The number of nitro benzene ring substituents is 1. The molecule has 0 unspecified atom stereocenters. The van der Waals surface area contributed by atoms with Crippen LogP contribution in [0.25, 0.3) is 0 Å². The van der Waals surface area contributed by atoms with Crippen molar-refractivity contribution < 1.29 is 22.3 Å². The average molecular weight is 400 g/mol. The molecule has 0 fully saturated rings. The van der Waals surface area contributed by atoms with Crippen LogP contribution in [0.3, 0.4) is 0 Å². The third-order valence-electron chi connectivity index (χ3n) is 2.85. The van der Waals surface area contributed by atoms with Crippen LogP contribution in [-0.4, -0.2) is 19.1 Å². The van der Waals surface area contributed by atoms with E-state index in [2.05, 4.69) is 15.9 Å². The van der Waals surface area contributed by atoms with E-state index in [1.54, 1.807) is 0 Å². The third kappa shape index (κ3) is 3.74. The van der Waals surface area contributed by atoms with Gasteiger partial charge in [-0.1, -0.05) is 28.1 Å². The molecule has 9 heteroatoms.